The molecule has 1 aliphatic rings. The zero-order chi connectivity index (χ0) is 20.6. The van der Waals surface area contributed by atoms with Crippen molar-refractivity contribution in [1.82, 2.24) is 20.7 Å². The summed E-state index contributed by atoms with van der Waals surface area (Å²) in [5.41, 5.74) is 5.43. The Morgan fingerprint density at radius 2 is 1.72 bits per heavy atom. The van der Waals surface area contributed by atoms with Gasteiger partial charge in [-0.25, -0.2) is 4.79 Å². The van der Waals surface area contributed by atoms with Crippen molar-refractivity contribution in [3.8, 4) is 11.3 Å². The molecule has 4 amide bonds. The van der Waals surface area contributed by atoms with Crippen LogP contribution in [0.25, 0.3) is 22.2 Å². The average Bonchev–Trinajstić information content (AvgIpc) is 3.17. The Balaban J connectivity index is 1.55. The van der Waals surface area contributed by atoms with Crippen LogP contribution in [0.2, 0.25) is 0 Å². The van der Waals surface area contributed by atoms with Gasteiger partial charge >= 0.3 is 6.03 Å². The first-order valence-corrected chi connectivity index (χ1v) is 9.48. The largest absolute Gasteiger partial charge is 0.354 e. The Kier molecular flexibility index (Phi) is 4.58. The molecule has 29 heavy (non-hydrogen) atoms. The number of fused-ring (bicyclic) bond motifs is 1. The minimum Gasteiger partial charge on any atom is -0.354 e. The second-order valence-corrected chi connectivity index (χ2v) is 7.62. The third-order valence-electron chi connectivity index (χ3n) is 5.07. The highest BCUT2D eigenvalue weighted by molar-refractivity contribution is 6.07. The van der Waals surface area contributed by atoms with Crippen LogP contribution in [0.3, 0.4) is 0 Å². The monoisotopic (exact) mass is 390 g/mol. The maximum atomic E-state index is 12.5. The number of amides is 4. The molecule has 1 aliphatic heterocycles. The molecule has 3 N–H and O–H groups in total. The van der Waals surface area contributed by atoms with Gasteiger partial charge in [0.15, 0.2) is 0 Å². The van der Waals surface area contributed by atoms with Crippen molar-refractivity contribution in [2.24, 2.45) is 0 Å². The number of aromatic nitrogens is 1. The summed E-state index contributed by atoms with van der Waals surface area (Å²) >= 11 is 0. The molecule has 148 valence electrons. The van der Waals surface area contributed by atoms with Gasteiger partial charge in [0, 0.05) is 23.0 Å². The third kappa shape index (κ3) is 3.47. The van der Waals surface area contributed by atoms with Gasteiger partial charge in [0.2, 0.25) is 5.91 Å². The van der Waals surface area contributed by atoms with Gasteiger partial charge in [-0.05, 0) is 37.5 Å². The minimum absolute atomic E-state index is 0.138. The number of para-hydroxylation sites is 1. The topological polar surface area (TPSA) is 94.3 Å². The van der Waals surface area contributed by atoms with E-state index in [2.05, 4.69) is 15.7 Å². The zero-order valence-electron chi connectivity index (χ0n) is 16.3. The molecular weight excluding hydrogens is 368 g/mol. The van der Waals surface area contributed by atoms with Crippen LogP contribution in [-0.2, 0) is 16.0 Å². The number of benzene rings is 2. The summed E-state index contributed by atoms with van der Waals surface area (Å²) in [4.78, 5) is 40.1. The predicted octanol–water partition coefficient (Wildman–Crippen LogP) is 3.13. The van der Waals surface area contributed by atoms with Crippen LogP contribution < -0.4 is 10.7 Å². The number of nitrogens with one attached hydrogen (secondary N) is 3. The molecule has 4 rings (SSSR count). The lowest BCUT2D eigenvalue weighted by Crippen LogP contribution is -2.48. The number of carbonyl (C=O) groups is 3. The van der Waals surface area contributed by atoms with E-state index in [-0.39, 0.29) is 6.42 Å². The molecule has 1 saturated heterocycles. The average molecular weight is 390 g/mol. The summed E-state index contributed by atoms with van der Waals surface area (Å²) in [5.74, 6) is -0.872. The van der Waals surface area contributed by atoms with Crippen LogP contribution in [0.15, 0.2) is 54.6 Å². The number of hydrazine groups is 1. The Morgan fingerprint density at radius 3 is 2.41 bits per heavy atom. The first kappa shape index (κ1) is 18.7. The highest BCUT2D eigenvalue weighted by Crippen LogP contribution is 2.31. The highest BCUT2D eigenvalue weighted by atomic mass is 16.2. The van der Waals surface area contributed by atoms with E-state index in [0.29, 0.717) is 6.42 Å². The van der Waals surface area contributed by atoms with E-state index in [9.17, 15) is 14.4 Å². The summed E-state index contributed by atoms with van der Waals surface area (Å²) in [5, 5.41) is 4.35. The molecule has 0 spiro atoms. The molecule has 0 saturated carbocycles. The molecule has 1 aromatic heterocycles. The van der Waals surface area contributed by atoms with Crippen LogP contribution in [0, 0.1) is 0 Å². The predicted molar refractivity (Wildman–Crippen MR) is 110 cm³/mol. The van der Waals surface area contributed by atoms with Crippen LogP contribution in [0.4, 0.5) is 4.79 Å². The molecule has 0 atom stereocenters. The van der Waals surface area contributed by atoms with Crippen molar-refractivity contribution >= 4 is 28.7 Å². The molecular formula is C22H22N4O3. The minimum atomic E-state index is -1.03. The van der Waals surface area contributed by atoms with Crippen molar-refractivity contribution in [3.05, 3.63) is 60.2 Å². The number of aryl methyl sites for hydroxylation is 1. The second kappa shape index (κ2) is 7.09. The summed E-state index contributed by atoms with van der Waals surface area (Å²) in [6, 6.07) is 17.3. The maximum Gasteiger partial charge on any atom is 0.344 e. The van der Waals surface area contributed by atoms with Crippen LogP contribution in [0.1, 0.15) is 25.8 Å². The quantitative estimate of drug-likeness (QED) is 0.584. The number of hydrogen-bond acceptors (Lipinski definition) is 3. The van der Waals surface area contributed by atoms with Gasteiger partial charge in [0.05, 0.1) is 0 Å². The van der Waals surface area contributed by atoms with Gasteiger partial charge in [-0.2, -0.15) is 5.01 Å². The van der Waals surface area contributed by atoms with E-state index in [1.54, 1.807) is 13.8 Å². The second-order valence-electron chi connectivity index (χ2n) is 7.62. The van der Waals surface area contributed by atoms with E-state index in [1.165, 1.54) is 0 Å². The fraction of sp³-hybridized carbons (Fsp3) is 0.227. The third-order valence-corrected chi connectivity index (χ3v) is 5.07. The van der Waals surface area contributed by atoms with E-state index >= 15 is 0 Å². The van der Waals surface area contributed by atoms with E-state index in [0.717, 1.165) is 32.7 Å². The van der Waals surface area contributed by atoms with Crippen LogP contribution >= 0.6 is 0 Å². The highest BCUT2D eigenvalue weighted by Gasteiger charge is 2.45. The lowest BCUT2D eigenvalue weighted by atomic mass is 10.0. The first-order chi connectivity index (χ1) is 13.9. The molecule has 2 aromatic carbocycles. The number of H-pyrrole nitrogens is 1. The van der Waals surface area contributed by atoms with Crippen LogP contribution in [0.5, 0.6) is 0 Å². The fourth-order valence-electron chi connectivity index (χ4n) is 3.58. The zero-order valence-corrected chi connectivity index (χ0v) is 16.3. The molecule has 7 nitrogen and oxygen atoms in total. The summed E-state index contributed by atoms with van der Waals surface area (Å²) in [7, 11) is 0. The molecule has 7 heteroatoms. The van der Waals surface area contributed by atoms with Gasteiger partial charge < -0.3 is 10.3 Å². The Morgan fingerprint density at radius 1 is 1.03 bits per heavy atom. The molecule has 2 heterocycles. The Labute approximate surface area is 168 Å². The summed E-state index contributed by atoms with van der Waals surface area (Å²) in [6.45, 7) is 3.19. The van der Waals surface area contributed by atoms with Gasteiger partial charge in [0.25, 0.3) is 5.91 Å². The van der Waals surface area contributed by atoms with Crippen molar-refractivity contribution in [2.45, 2.75) is 32.2 Å². The molecule has 3 aromatic rings. The van der Waals surface area contributed by atoms with Gasteiger partial charge in [-0.1, -0.05) is 48.5 Å². The van der Waals surface area contributed by atoms with E-state index < -0.39 is 23.4 Å². The number of rotatable bonds is 5. The Bertz CT molecular complexity index is 1100. The number of carbonyl (C=O) groups excluding carboxylic acids is 3. The van der Waals surface area contributed by atoms with Crippen LogP contribution in [-0.4, -0.2) is 33.4 Å². The molecule has 1 fully saturated rings. The Hall–Kier alpha value is -3.61. The fourth-order valence-corrected chi connectivity index (χ4v) is 3.58. The van der Waals surface area contributed by atoms with Crippen molar-refractivity contribution in [3.63, 3.8) is 0 Å². The molecule has 0 bridgehead atoms. The lowest BCUT2D eigenvalue weighted by molar-refractivity contribution is -0.138. The number of imide groups is 1. The smallest absolute Gasteiger partial charge is 0.344 e. The molecule has 0 unspecified atom stereocenters. The molecule has 0 aliphatic carbocycles. The van der Waals surface area contributed by atoms with E-state index in [1.807, 2.05) is 54.6 Å². The number of urea groups is 1. The number of aromatic amines is 1. The SMILES string of the molecule is CC1(C)NC(=O)N(NC(=O)CCc2c(-c3ccccc3)[nH]c3ccccc23)C1=O. The van der Waals surface area contributed by atoms with E-state index in [4.69, 9.17) is 0 Å². The first-order valence-electron chi connectivity index (χ1n) is 9.48. The van der Waals surface area contributed by atoms with Gasteiger partial charge in [0.1, 0.15) is 5.54 Å². The van der Waals surface area contributed by atoms with Crippen molar-refractivity contribution in [1.29, 1.82) is 0 Å². The lowest BCUT2D eigenvalue weighted by Gasteiger charge is -2.16. The summed E-state index contributed by atoms with van der Waals surface area (Å²) in [6.07, 6.45) is 0.603. The van der Waals surface area contributed by atoms with Gasteiger partial charge in [-0.3, -0.25) is 15.0 Å². The number of hydrogen-bond donors (Lipinski definition) is 3. The molecule has 0 radical (unpaired) electrons. The summed E-state index contributed by atoms with van der Waals surface area (Å²) < 4.78 is 0. The maximum absolute atomic E-state index is 12.5. The number of nitrogens with zero attached hydrogens (tertiary/aromatic N) is 1. The van der Waals surface area contributed by atoms with Crippen molar-refractivity contribution < 1.29 is 14.4 Å². The normalized spacial score (nSPS) is 15.6. The standard InChI is InChI=1S/C22H22N4O3/c1-22(2)20(28)26(21(29)24-22)25-18(27)13-12-16-15-10-6-7-11-17(15)23-19(16)14-8-4-3-5-9-14/h3-11,23H,12-13H2,1-2H3,(H,24,29)(H,25,27). The van der Waals surface area contributed by atoms with Gasteiger partial charge in [-0.15, -0.1) is 0 Å². The van der Waals surface area contributed by atoms with Crippen molar-refractivity contribution in [2.75, 3.05) is 0 Å².